The molecular formula is C17H20N2O3S. The SMILES string of the molecule is Cc1cccc(C)c1NC(=O)c1cccc(NS(C)(=O)=O)c1C. The van der Waals surface area contributed by atoms with Crippen molar-refractivity contribution in [1.29, 1.82) is 0 Å². The third-order valence-electron chi connectivity index (χ3n) is 3.59. The molecule has 0 atom stereocenters. The zero-order chi connectivity index (χ0) is 17.2. The van der Waals surface area contributed by atoms with Crippen LogP contribution in [0.15, 0.2) is 36.4 Å². The number of para-hydroxylation sites is 1. The van der Waals surface area contributed by atoms with Crippen molar-refractivity contribution < 1.29 is 13.2 Å². The number of carbonyl (C=O) groups is 1. The van der Waals surface area contributed by atoms with Crippen molar-refractivity contribution in [1.82, 2.24) is 0 Å². The molecule has 0 aliphatic heterocycles. The first-order chi connectivity index (χ1) is 10.7. The minimum atomic E-state index is -3.40. The minimum absolute atomic E-state index is 0.267. The molecule has 0 aromatic heterocycles. The number of aryl methyl sites for hydroxylation is 2. The molecule has 0 radical (unpaired) electrons. The van der Waals surface area contributed by atoms with E-state index in [1.165, 1.54) is 0 Å². The van der Waals surface area contributed by atoms with Gasteiger partial charge in [-0.25, -0.2) is 8.42 Å². The second kappa shape index (κ2) is 6.42. The second-order valence-corrected chi connectivity index (χ2v) is 7.32. The molecule has 2 aromatic carbocycles. The zero-order valence-electron chi connectivity index (χ0n) is 13.6. The molecule has 0 unspecified atom stereocenters. The van der Waals surface area contributed by atoms with Crippen molar-refractivity contribution >= 4 is 27.3 Å². The van der Waals surface area contributed by atoms with Crippen LogP contribution in [0.1, 0.15) is 27.0 Å². The summed E-state index contributed by atoms with van der Waals surface area (Å²) in [6.07, 6.45) is 1.08. The maximum absolute atomic E-state index is 12.6. The van der Waals surface area contributed by atoms with Crippen LogP contribution in [-0.2, 0) is 10.0 Å². The average molecular weight is 332 g/mol. The zero-order valence-corrected chi connectivity index (χ0v) is 14.4. The molecule has 2 aromatic rings. The number of anilines is 2. The maximum atomic E-state index is 12.6. The highest BCUT2D eigenvalue weighted by Crippen LogP contribution is 2.24. The molecule has 0 bridgehead atoms. The van der Waals surface area contributed by atoms with Crippen LogP contribution < -0.4 is 10.0 Å². The highest BCUT2D eigenvalue weighted by Gasteiger charge is 2.15. The molecule has 0 saturated heterocycles. The first-order valence-electron chi connectivity index (χ1n) is 7.14. The van der Waals surface area contributed by atoms with E-state index in [2.05, 4.69) is 10.0 Å². The van der Waals surface area contributed by atoms with Gasteiger partial charge in [0.25, 0.3) is 5.91 Å². The average Bonchev–Trinajstić information content (AvgIpc) is 2.44. The number of hydrogen-bond donors (Lipinski definition) is 2. The van der Waals surface area contributed by atoms with Crippen molar-refractivity contribution in [2.24, 2.45) is 0 Å². The number of benzene rings is 2. The van der Waals surface area contributed by atoms with E-state index in [1.807, 2.05) is 32.0 Å². The molecule has 0 aliphatic rings. The third-order valence-corrected chi connectivity index (χ3v) is 4.18. The van der Waals surface area contributed by atoms with Crippen LogP contribution in [0.25, 0.3) is 0 Å². The van der Waals surface area contributed by atoms with Crippen molar-refractivity contribution in [2.45, 2.75) is 20.8 Å². The number of hydrogen-bond acceptors (Lipinski definition) is 3. The van der Waals surface area contributed by atoms with Crippen molar-refractivity contribution in [3.8, 4) is 0 Å². The molecule has 2 N–H and O–H groups in total. The predicted molar refractivity (Wildman–Crippen MR) is 93.5 cm³/mol. The smallest absolute Gasteiger partial charge is 0.256 e. The summed E-state index contributed by atoms with van der Waals surface area (Å²) in [7, 11) is -3.40. The van der Waals surface area contributed by atoms with Crippen LogP contribution in [0.4, 0.5) is 11.4 Å². The predicted octanol–water partition coefficient (Wildman–Crippen LogP) is 3.24. The molecule has 23 heavy (non-hydrogen) atoms. The van der Waals surface area contributed by atoms with Crippen molar-refractivity contribution in [2.75, 3.05) is 16.3 Å². The number of sulfonamides is 1. The lowest BCUT2D eigenvalue weighted by atomic mass is 10.0. The molecular weight excluding hydrogens is 312 g/mol. The summed E-state index contributed by atoms with van der Waals surface area (Å²) in [5.74, 6) is -0.267. The Bertz CT molecular complexity index is 838. The lowest BCUT2D eigenvalue weighted by molar-refractivity contribution is 0.102. The number of carbonyl (C=O) groups excluding carboxylic acids is 1. The Morgan fingerprint density at radius 3 is 2.09 bits per heavy atom. The van der Waals surface area contributed by atoms with E-state index in [1.54, 1.807) is 25.1 Å². The Morgan fingerprint density at radius 2 is 1.52 bits per heavy atom. The summed E-state index contributed by atoms with van der Waals surface area (Å²) in [6, 6.07) is 10.7. The van der Waals surface area contributed by atoms with Crippen LogP contribution in [0.2, 0.25) is 0 Å². The number of amides is 1. The van der Waals surface area contributed by atoms with Gasteiger partial charge in [0.2, 0.25) is 10.0 Å². The van der Waals surface area contributed by atoms with Crippen molar-refractivity contribution in [3.05, 3.63) is 58.7 Å². The Balaban J connectivity index is 2.35. The summed E-state index contributed by atoms with van der Waals surface area (Å²) >= 11 is 0. The van der Waals surface area contributed by atoms with Gasteiger partial charge in [-0.1, -0.05) is 24.3 Å². The van der Waals surface area contributed by atoms with Crippen LogP contribution in [0.3, 0.4) is 0 Å². The van der Waals surface area contributed by atoms with E-state index in [9.17, 15) is 13.2 Å². The van der Waals surface area contributed by atoms with Gasteiger partial charge in [-0.05, 0) is 49.6 Å². The summed E-state index contributed by atoms with van der Waals surface area (Å²) < 4.78 is 25.2. The Kier molecular flexibility index (Phi) is 4.75. The third kappa shape index (κ3) is 4.10. The molecule has 0 heterocycles. The fourth-order valence-corrected chi connectivity index (χ4v) is 3.01. The van der Waals surface area contributed by atoms with E-state index in [0.717, 1.165) is 23.1 Å². The van der Waals surface area contributed by atoms with Gasteiger partial charge in [-0.2, -0.15) is 0 Å². The van der Waals surface area contributed by atoms with E-state index >= 15 is 0 Å². The van der Waals surface area contributed by atoms with Crippen molar-refractivity contribution in [3.63, 3.8) is 0 Å². The van der Waals surface area contributed by atoms with Gasteiger partial charge in [0.15, 0.2) is 0 Å². The molecule has 6 heteroatoms. The molecule has 0 spiro atoms. The van der Waals surface area contributed by atoms with Crippen LogP contribution in [0.5, 0.6) is 0 Å². The van der Waals surface area contributed by atoms with E-state index < -0.39 is 10.0 Å². The molecule has 0 fully saturated rings. The standard InChI is InChI=1S/C17H20N2O3S/c1-11-7-5-8-12(2)16(11)18-17(20)14-9-6-10-15(13(14)3)19-23(4,21)22/h5-10,19H,1-4H3,(H,18,20). The van der Waals surface area contributed by atoms with E-state index in [-0.39, 0.29) is 5.91 Å². The molecule has 0 aliphatic carbocycles. The van der Waals surface area contributed by atoms with Crippen LogP contribution in [-0.4, -0.2) is 20.6 Å². The molecule has 122 valence electrons. The lowest BCUT2D eigenvalue weighted by Crippen LogP contribution is -2.17. The van der Waals surface area contributed by atoms with Gasteiger partial charge in [-0.15, -0.1) is 0 Å². The minimum Gasteiger partial charge on any atom is -0.321 e. The maximum Gasteiger partial charge on any atom is 0.256 e. The highest BCUT2D eigenvalue weighted by molar-refractivity contribution is 7.92. The monoisotopic (exact) mass is 332 g/mol. The quantitative estimate of drug-likeness (QED) is 0.902. The topological polar surface area (TPSA) is 75.3 Å². The molecule has 1 amide bonds. The van der Waals surface area contributed by atoms with Gasteiger partial charge < -0.3 is 5.32 Å². The molecule has 2 rings (SSSR count). The summed E-state index contributed by atoms with van der Waals surface area (Å²) in [5, 5.41) is 2.91. The van der Waals surface area contributed by atoms with Gasteiger partial charge in [0, 0.05) is 11.3 Å². The summed E-state index contributed by atoms with van der Waals surface area (Å²) in [6.45, 7) is 5.57. The van der Waals surface area contributed by atoms with Crippen LogP contribution in [0, 0.1) is 20.8 Å². The van der Waals surface area contributed by atoms with Gasteiger partial charge >= 0.3 is 0 Å². The van der Waals surface area contributed by atoms with Crippen LogP contribution >= 0.6 is 0 Å². The number of rotatable bonds is 4. The number of nitrogens with one attached hydrogen (secondary N) is 2. The first-order valence-corrected chi connectivity index (χ1v) is 9.03. The summed E-state index contributed by atoms with van der Waals surface area (Å²) in [4.78, 5) is 12.6. The normalized spacial score (nSPS) is 11.1. The summed E-state index contributed by atoms with van der Waals surface area (Å²) in [5.41, 5.74) is 4.14. The molecule has 0 saturated carbocycles. The largest absolute Gasteiger partial charge is 0.321 e. The lowest BCUT2D eigenvalue weighted by Gasteiger charge is -2.14. The highest BCUT2D eigenvalue weighted by atomic mass is 32.2. The fraction of sp³-hybridized carbons (Fsp3) is 0.235. The Labute approximate surface area is 136 Å². The van der Waals surface area contributed by atoms with Gasteiger partial charge in [0.05, 0.1) is 11.9 Å². The van der Waals surface area contributed by atoms with E-state index in [0.29, 0.717) is 16.8 Å². The van der Waals surface area contributed by atoms with Gasteiger partial charge in [0.1, 0.15) is 0 Å². The molecule has 5 nitrogen and oxygen atoms in total. The fourth-order valence-electron chi connectivity index (χ4n) is 2.38. The first kappa shape index (κ1) is 17.0. The Morgan fingerprint density at radius 1 is 0.957 bits per heavy atom. The van der Waals surface area contributed by atoms with Gasteiger partial charge in [-0.3, -0.25) is 9.52 Å². The van der Waals surface area contributed by atoms with E-state index in [4.69, 9.17) is 0 Å². The Hall–Kier alpha value is -2.34. The second-order valence-electron chi connectivity index (χ2n) is 5.57.